The molecule has 2 unspecified atom stereocenters. The van der Waals surface area contributed by atoms with E-state index in [0.717, 1.165) is 11.1 Å². The van der Waals surface area contributed by atoms with Gasteiger partial charge in [-0.25, -0.2) is 4.39 Å². The van der Waals surface area contributed by atoms with Crippen molar-refractivity contribution in [3.05, 3.63) is 70.2 Å². The molecule has 0 saturated carbocycles. The predicted octanol–water partition coefficient (Wildman–Crippen LogP) is 4.54. The molecule has 0 aliphatic heterocycles. The molecule has 2 aliphatic carbocycles. The van der Waals surface area contributed by atoms with Gasteiger partial charge in [0.1, 0.15) is 11.9 Å². The summed E-state index contributed by atoms with van der Waals surface area (Å²) in [6.07, 6.45) is 12.4. The molecule has 2 aliphatic rings. The minimum Gasteiger partial charge on any atom is -0.327 e. The van der Waals surface area contributed by atoms with E-state index in [-0.39, 0.29) is 28.5 Å². The van der Waals surface area contributed by atoms with Crippen LogP contribution in [0.4, 0.5) is 10.1 Å². The number of pyridine rings is 1. The number of halogens is 1. The van der Waals surface area contributed by atoms with Crippen molar-refractivity contribution in [2.24, 2.45) is 11.3 Å². The highest BCUT2D eigenvalue weighted by Gasteiger charge is 2.23. The molecule has 3 rings (SSSR count). The number of allylic oxidation sites excluding steroid dienone is 7. The molecular weight excluding hydrogens is 343 g/mol. The van der Waals surface area contributed by atoms with Crippen molar-refractivity contribution in [2.75, 3.05) is 5.32 Å². The van der Waals surface area contributed by atoms with E-state index in [1.807, 2.05) is 12.2 Å². The van der Waals surface area contributed by atoms with Crippen molar-refractivity contribution >= 4 is 17.2 Å². The summed E-state index contributed by atoms with van der Waals surface area (Å²) in [5.74, 6) is -0.518. The van der Waals surface area contributed by atoms with Crippen molar-refractivity contribution in [3.63, 3.8) is 0 Å². The van der Waals surface area contributed by atoms with E-state index in [0.29, 0.717) is 12.8 Å². The molecule has 0 spiro atoms. The van der Waals surface area contributed by atoms with Gasteiger partial charge in [0.2, 0.25) is 5.91 Å². The zero-order chi connectivity index (χ0) is 19.6. The van der Waals surface area contributed by atoms with Crippen molar-refractivity contribution in [1.29, 1.82) is 0 Å². The minimum atomic E-state index is -0.972. The van der Waals surface area contributed by atoms with Crippen molar-refractivity contribution in [2.45, 2.75) is 39.8 Å². The number of carbonyl (C=O) groups excluding carboxylic acids is 1. The zero-order valence-corrected chi connectivity index (χ0v) is 15.9. The number of H-pyrrole nitrogens is 1. The first-order valence-electron chi connectivity index (χ1n) is 9.19. The molecule has 0 fully saturated rings. The van der Waals surface area contributed by atoms with Crippen molar-refractivity contribution in [3.8, 4) is 0 Å². The van der Waals surface area contributed by atoms with Gasteiger partial charge in [-0.1, -0.05) is 51.2 Å². The van der Waals surface area contributed by atoms with Crippen LogP contribution >= 0.6 is 0 Å². The van der Waals surface area contributed by atoms with Gasteiger partial charge >= 0.3 is 0 Å². The molecule has 27 heavy (non-hydrogen) atoms. The lowest BCUT2D eigenvalue weighted by Gasteiger charge is -2.24. The van der Waals surface area contributed by atoms with Crippen LogP contribution in [0.1, 0.15) is 39.2 Å². The number of rotatable bonds is 3. The van der Waals surface area contributed by atoms with Gasteiger partial charge in [0.15, 0.2) is 0 Å². The fourth-order valence-electron chi connectivity index (χ4n) is 3.15. The first-order chi connectivity index (χ1) is 12.7. The Morgan fingerprint density at radius 3 is 2.56 bits per heavy atom. The van der Waals surface area contributed by atoms with Gasteiger partial charge < -0.3 is 10.3 Å². The molecule has 0 radical (unpaired) electrons. The molecule has 2 atom stereocenters. The van der Waals surface area contributed by atoms with Gasteiger partial charge in [0, 0.05) is 12.6 Å². The summed E-state index contributed by atoms with van der Waals surface area (Å²) < 4.78 is 13.2. The number of hydrogen-bond donors (Lipinski definition) is 2. The van der Waals surface area contributed by atoms with Crippen LogP contribution in [0.5, 0.6) is 0 Å². The topological polar surface area (TPSA) is 62.0 Å². The number of hydrogen-bond acceptors (Lipinski definition) is 2. The standard InChI is InChI=1S/C22H25FN2O2/c1-22(2,3)17-8-4-15(5-9-17)20(26)25-19-12-16(13-24-21(19)27)14-6-10-18(23)11-7-14/h4,6-10,12-13,15,18H,5,11H2,1-3H3,(H,24,27)(H,25,26). The number of nitrogens with one attached hydrogen (secondary N) is 2. The SMILES string of the molecule is CC(C)(C)C1=CCC(C(=O)Nc2cc(C3=CCC(F)C=C3)c[nH]c2=O)C=C1. The predicted molar refractivity (Wildman–Crippen MR) is 107 cm³/mol. The Morgan fingerprint density at radius 1 is 1.19 bits per heavy atom. The lowest BCUT2D eigenvalue weighted by Crippen LogP contribution is -2.26. The second-order valence-corrected chi connectivity index (χ2v) is 8.00. The smallest absolute Gasteiger partial charge is 0.271 e. The van der Waals surface area contributed by atoms with E-state index >= 15 is 0 Å². The quantitative estimate of drug-likeness (QED) is 0.822. The number of anilines is 1. The Balaban J connectivity index is 1.73. The van der Waals surface area contributed by atoms with Crippen LogP contribution in [-0.4, -0.2) is 17.1 Å². The molecule has 1 aromatic rings. The van der Waals surface area contributed by atoms with Gasteiger partial charge in [-0.05, 0) is 40.7 Å². The summed E-state index contributed by atoms with van der Waals surface area (Å²) in [6.45, 7) is 6.40. The Morgan fingerprint density at radius 2 is 1.96 bits per heavy atom. The Bertz CT molecular complexity index is 913. The van der Waals surface area contributed by atoms with E-state index < -0.39 is 6.17 Å². The molecule has 142 valence electrons. The largest absolute Gasteiger partial charge is 0.327 e. The Hall–Kier alpha value is -2.69. The Labute approximate surface area is 158 Å². The van der Waals surface area contributed by atoms with Crippen LogP contribution in [0.25, 0.3) is 5.57 Å². The molecule has 0 bridgehead atoms. The highest BCUT2D eigenvalue weighted by Crippen LogP contribution is 2.31. The number of aromatic amines is 1. The number of amides is 1. The van der Waals surface area contributed by atoms with Crippen LogP contribution in [0, 0.1) is 11.3 Å². The Kier molecular flexibility index (Phi) is 5.31. The molecule has 1 heterocycles. The van der Waals surface area contributed by atoms with Crippen molar-refractivity contribution < 1.29 is 9.18 Å². The molecule has 2 N–H and O–H groups in total. The van der Waals surface area contributed by atoms with Crippen molar-refractivity contribution in [1.82, 2.24) is 4.98 Å². The summed E-state index contributed by atoms with van der Waals surface area (Å²) in [4.78, 5) is 27.3. The average molecular weight is 368 g/mol. The number of alkyl halides is 1. The maximum Gasteiger partial charge on any atom is 0.271 e. The maximum absolute atomic E-state index is 13.2. The van der Waals surface area contributed by atoms with Gasteiger partial charge in [0.05, 0.1) is 5.92 Å². The van der Waals surface area contributed by atoms with Gasteiger partial charge in [-0.2, -0.15) is 0 Å². The molecule has 1 aromatic heterocycles. The first-order valence-corrected chi connectivity index (χ1v) is 9.19. The van der Waals surface area contributed by atoms with Gasteiger partial charge in [-0.15, -0.1) is 0 Å². The molecule has 5 heteroatoms. The molecule has 4 nitrogen and oxygen atoms in total. The van der Waals surface area contributed by atoms with E-state index in [1.165, 1.54) is 11.6 Å². The van der Waals surface area contributed by atoms with Crippen LogP contribution in [0.2, 0.25) is 0 Å². The lowest BCUT2D eigenvalue weighted by atomic mass is 9.81. The third kappa shape index (κ3) is 4.54. The van der Waals surface area contributed by atoms with E-state index in [9.17, 15) is 14.0 Å². The van der Waals surface area contributed by atoms with E-state index in [1.54, 1.807) is 24.4 Å². The lowest BCUT2D eigenvalue weighted by molar-refractivity contribution is -0.118. The van der Waals surface area contributed by atoms with Crippen LogP contribution in [0.3, 0.4) is 0 Å². The summed E-state index contributed by atoms with van der Waals surface area (Å²) in [5, 5.41) is 2.73. The minimum absolute atomic E-state index is 0.0449. The molecular formula is C22H25FN2O2. The maximum atomic E-state index is 13.2. The highest BCUT2D eigenvalue weighted by molar-refractivity contribution is 5.94. The van der Waals surface area contributed by atoms with Crippen LogP contribution in [-0.2, 0) is 4.79 Å². The third-order valence-electron chi connectivity index (χ3n) is 4.84. The molecule has 0 aromatic carbocycles. The first kappa shape index (κ1) is 19.1. The second kappa shape index (κ2) is 7.51. The normalized spacial score (nSPS) is 22.2. The average Bonchev–Trinajstić information content (AvgIpc) is 2.63. The highest BCUT2D eigenvalue weighted by atomic mass is 19.1. The summed E-state index contributed by atoms with van der Waals surface area (Å²) in [5.41, 5.74) is 2.65. The fourth-order valence-corrected chi connectivity index (χ4v) is 3.15. The van der Waals surface area contributed by atoms with Crippen LogP contribution in [0.15, 0.2) is 59.1 Å². The number of aromatic nitrogens is 1. The second-order valence-electron chi connectivity index (χ2n) is 8.00. The monoisotopic (exact) mass is 368 g/mol. The van der Waals surface area contributed by atoms with E-state index in [2.05, 4.69) is 37.1 Å². The van der Waals surface area contributed by atoms with E-state index in [4.69, 9.17) is 0 Å². The fraction of sp³-hybridized carbons (Fsp3) is 0.364. The van der Waals surface area contributed by atoms with Gasteiger partial charge in [0.25, 0.3) is 5.56 Å². The zero-order valence-electron chi connectivity index (χ0n) is 15.9. The van der Waals surface area contributed by atoms with Crippen LogP contribution < -0.4 is 10.9 Å². The summed E-state index contributed by atoms with van der Waals surface area (Å²) in [6, 6.07) is 1.63. The third-order valence-corrected chi connectivity index (χ3v) is 4.84. The van der Waals surface area contributed by atoms with Gasteiger partial charge in [-0.3, -0.25) is 9.59 Å². The molecule has 0 saturated heterocycles. The summed E-state index contributed by atoms with van der Waals surface area (Å²) >= 11 is 0. The summed E-state index contributed by atoms with van der Waals surface area (Å²) in [7, 11) is 0. The molecule has 1 amide bonds. The number of carbonyl (C=O) groups is 1.